The molecule has 0 aromatic heterocycles. The van der Waals surface area contributed by atoms with E-state index in [-0.39, 0.29) is 10.9 Å². The molecular weight excluding hydrogens is 286 g/mol. The molecule has 0 spiro atoms. The van der Waals surface area contributed by atoms with Crippen molar-refractivity contribution in [3.05, 3.63) is 23.8 Å². The van der Waals surface area contributed by atoms with Gasteiger partial charge in [-0.15, -0.1) is 0 Å². The normalized spacial score (nSPS) is 26.7. The van der Waals surface area contributed by atoms with Crippen molar-refractivity contribution in [2.45, 2.75) is 49.6 Å². The summed E-state index contributed by atoms with van der Waals surface area (Å²) in [5.74, 6) is 0. The Kier molecular flexibility index (Phi) is 3.94. The maximum atomic E-state index is 12.5. The summed E-state index contributed by atoms with van der Waals surface area (Å²) in [6.45, 7) is 4.05. The first kappa shape index (κ1) is 14.8. The smallest absolute Gasteiger partial charge is 0.242 e. The minimum absolute atomic E-state index is 0.0232. The number of benzene rings is 1. The molecule has 0 bridgehead atoms. The van der Waals surface area contributed by atoms with Gasteiger partial charge in [-0.25, -0.2) is 13.1 Å². The lowest BCUT2D eigenvalue weighted by Gasteiger charge is -2.35. The molecule has 0 radical (unpaired) electrons. The molecular formula is C15H23N3O2S. The Balaban J connectivity index is 1.74. The standard InChI is InChI=1S/C15H23N3O2S/c1-11-4-5-15(14(16)9-11)21(19,20)17-12-6-8-18-7-2-3-13(18)10-12/h4-5,9,12-13,17H,2-3,6-8,10,16H2,1H3. The quantitative estimate of drug-likeness (QED) is 0.829. The van der Waals surface area contributed by atoms with Crippen LogP contribution < -0.4 is 10.5 Å². The highest BCUT2D eigenvalue weighted by Gasteiger charge is 2.33. The maximum absolute atomic E-state index is 12.5. The van der Waals surface area contributed by atoms with Crippen molar-refractivity contribution >= 4 is 15.7 Å². The largest absolute Gasteiger partial charge is 0.398 e. The number of aryl methyl sites for hydroxylation is 1. The SMILES string of the molecule is Cc1ccc(S(=O)(=O)NC2CCN3CCCC3C2)c(N)c1. The minimum Gasteiger partial charge on any atom is -0.398 e. The number of rotatable bonds is 3. The molecule has 0 aliphatic carbocycles. The number of sulfonamides is 1. The Hall–Kier alpha value is -1.11. The van der Waals surface area contributed by atoms with Gasteiger partial charge in [-0.2, -0.15) is 0 Å². The summed E-state index contributed by atoms with van der Waals surface area (Å²) >= 11 is 0. The van der Waals surface area contributed by atoms with Crippen molar-refractivity contribution in [3.8, 4) is 0 Å². The first-order valence-electron chi connectivity index (χ1n) is 7.58. The van der Waals surface area contributed by atoms with Crippen molar-refractivity contribution in [3.63, 3.8) is 0 Å². The molecule has 2 saturated heterocycles. The number of hydrogen-bond donors (Lipinski definition) is 2. The molecule has 3 N–H and O–H groups in total. The van der Waals surface area contributed by atoms with Crippen molar-refractivity contribution < 1.29 is 8.42 Å². The Labute approximate surface area is 126 Å². The number of nitrogen functional groups attached to an aromatic ring is 1. The van der Waals surface area contributed by atoms with Crippen LogP contribution in [-0.2, 0) is 10.0 Å². The van der Waals surface area contributed by atoms with Crippen LogP contribution in [0.15, 0.2) is 23.1 Å². The zero-order valence-corrected chi connectivity index (χ0v) is 13.2. The second-order valence-corrected chi connectivity index (χ2v) is 7.90. The molecule has 2 heterocycles. The highest BCUT2D eigenvalue weighted by atomic mass is 32.2. The van der Waals surface area contributed by atoms with Crippen molar-refractivity contribution in [1.82, 2.24) is 9.62 Å². The maximum Gasteiger partial charge on any atom is 0.242 e. The van der Waals surface area contributed by atoms with E-state index < -0.39 is 10.0 Å². The highest BCUT2D eigenvalue weighted by molar-refractivity contribution is 7.89. The molecule has 21 heavy (non-hydrogen) atoms. The molecule has 0 saturated carbocycles. The van der Waals surface area contributed by atoms with Gasteiger partial charge in [-0.1, -0.05) is 6.07 Å². The van der Waals surface area contributed by atoms with Gasteiger partial charge < -0.3 is 10.6 Å². The Morgan fingerprint density at radius 2 is 2.10 bits per heavy atom. The third-order valence-electron chi connectivity index (χ3n) is 4.60. The first-order valence-corrected chi connectivity index (χ1v) is 9.06. The molecule has 2 atom stereocenters. The van der Waals surface area contributed by atoms with E-state index in [1.165, 1.54) is 12.8 Å². The zero-order chi connectivity index (χ0) is 15.0. The highest BCUT2D eigenvalue weighted by Crippen LogP contribution is 2.28. The van der Waals surface area contributed by atoms with E-state index >= 15 is 0 Å². The monoisotopic (exact) mass is 309 g/mol. The van der Waals surface area contributed by atoms with Crippen LogP contribution in [-0.4, -0.2) is 38.5 Å². The van der Waals surface area contributed by atoms with Gasteiger partial charge in [0.05, 0.1) is 5.69 Å². The van der Waals surface area contributed by atoms with Crippen LogP contribution in [0.2, 0.25) is 0 Å². The summed E-state index contributed by atoms with van der Waals surface area (Å²) in [4.78, 5) is 2.67. The second-order valence-electron chi connectivity index (χ2n) is 6.22. The minimum atomic E-state index is -3.53. The summed E-state index contributed by atoms with van der Waals surface area (Å²) in [5.41, 5.74) is 7.15. The van der Waals surface area contributed by atoms with Crippen molar-refractivity contribution in [2.24, 2.45) is 0 Å². The number of nitrogens with one attached hydrogen (secondary N) is 1. The average Bonchev–Trinajstić information content (AvgIpc) is 2.85. The number of anilines is 1. The molecule has 2 aliphatic heterocycles. The van der Waals surface area contributed by atoms with E-state index in [9.17, 15) is 8.42 Å². The molecule has 3 rings (SSSR count). The van der Waals surface area contributed by atoms with Gasteiger partial charge in [0.2, 0.25) is 10.0 Å². The Morgan fingerprint density at radius 1 is 1.29 bits per heavy atom. The van der Waals surface area contributed by atoms with Gasteiger partial charge in [-0.3, -0.25) is 0 Å². The number of nitrogens with two attached hydrogens (primary N) is 1. The van der Waals surface area contributed by atoms with E-state index in [4.69, 9.17) is 5.73 Å². The van der Waals surface area contributed by atoms with E-state index in [0.29, 0.717) is 11.7 Å². The number of nitrogens with zero attached hydrogens (tertiary/aromatic N) is 1. The fourth-order valence-electron chi connectivity index (χ4n) is 3.53. The van der Waals surface area contributed by atoms with Crippen LogP contribution in [0, 0.1) is 6.92 Å². The van der Waals surface area contributed by atoms with E-state index in [0.717, 1.165) is 31.5 Å². The third kappa shape index (κ3) is 3.07. The van der Waals surface area contributed by atoms with Crippen molar-refractivity contribution in [1.29, 1.82) is 0 Å². The van der Waals surface area contributed by atoms with Crippen LogP contribution in [0.5, 0.6) is 0 Å². The van der Waals surface area contributed by atoms with E-state index in [1.807, 2.05) is 6.92 Å². The summed E-state index contributed by atoms with van der Waals surface area (Å²) in [5, 5.41) is 0. The lowest BCUT2D eigenvalue weighted by Crippen LogP contribution is -2.47. The zero-order valence-electron chi connectivity index (χ0n) is 12.4. The molecule has 1 aromatic carbocycles. The topological polar surface area (TPSA) is 75.4 Å². The average molecular weight is 309 g/mol. The van der Waals surface area contributed by atoms with Gasteiger partial charge in [-0.05, 0) is 63.4 Å². The lowest BCUT2D eigenvalue weighted by atomic mass is 9.99. The molecule has 6 heteroatoms. The number of fused-ring (bicyclic) bond motifs is 1. The second kappa shape index (κ2) is 5.59. The van der Waals surface area contributed by atoms with Crippen LogP contribution in [0.25, 0.3) is 0 Å². The molecule has 2 unspecified atom stereocenters. The molecule has 0 amide bonds. The lowest BCUT2D eigenvalue weighted by molar-refractivity contribution is 0.176. The van der Waals surface area contributed by atoms with Crippen molar-refractivity contribution in [2.75, 3.05) is 18.8 Å². The van der Waals surface area contributed by atoms with Crippen LogP contribution in [0.4, 0.5) is 5.69 Å². The predicted molar refractivity (Wildman–Crippen MR) is 83.5 cm³/mol. The van der Waals surface area contributed by atoms with Gasteiger partial charge >= 0.3 is 0 Å². The predicted octanol–water partition coefficient (Wildman–Crippen LogP) is 1.48. The number of piperidine rings is 1. The first-order chi connectivity index (χ1) is 9.95. The van der Waals surface area contributed by atoms with Crippen LogP contribution in [0.1, 0.15) is 31.2 Å². The number of hydrogen-bond acceptors (Lipinski definition) is 4. The van der Waals surface area contributed by atoms with Crippen LogP contribution >= 0.6 is 0 Å². The van der Waals surface area contributed by atoms with Gasteiger partial charge in [0, 0.05) is 12.1 Å². The fourth-order valence-corrected chi connectivity index (χ4v) is 4.92. The summed E-state index contributed by atoms with van der Waals surface area (Å²) in [6, 6.07) is 5.65. The summed E-state index contributed by atoms with van der Waals surface area (Å²) < 4.78 is 27.9. The van der Waals surface area contributed by atoms with E-state index in [1.54, 1.807) is 18.2 Å². The van der Waals surface area contributed by atoms with Gasteiger partial charge in [0.25, 0.3) is 0 Å². The van der Waals surface area contributed by atoms with Crippen LogP contribution in [0.3, 0.4) is 0 Å². The Morgan fingerprint density at radius 3 is 2.86 bits per heavy atom. The Bertz CT molecular complexity index is 630. The van der Waals surface area contributed by atoms with Gasteiger partial charge in [0.1, 0.15) is 4.90 Å². The molecule has 2 aliphatic rings. The molecule has 5 nitrogen and oxygen atoms in total. The molecule has 1 aromatic rings. The molecule has 2 fully saturated rings. The fraction of sp³-hybridized carbons (Fsp3) is 0.600. The summed E-state index contributed by atoms with van der Waals surface area (Å²) in [6.07, 6.45) is 4.20. The summed E-state index contributed by atoms with van der Waals surface area (Å²) in [7, 11) is -3.53. The third-order valence-corrected chi connectivity index (χ3v) is 6.19. The van der Waals surface area contributed by atoms with Gasteiger partial charge in [0.15, 0.2) is 0 Å². The molecule has 116 valence electrons. The van der Waals surface area contributed by atoms with E-state index in [2.05, 4.69) is 9.62 Å².